The minimum absolute atomic E-state index is 0.0527. The molecule has 0 saturated carbocycles. The zero-order chi connectivity index (χ0) is 18.1. The quantitative estimate of drug-likeness (QED) is 0.615. The molecular weight excluding hydrogens is 322 g/mol. The van der Waals surface area contributed by atoms with Gasteiger partial charge in [0.15, 0.2) is 0 Å². The van der Waals surface area contributed by atoms with Crippen LogP contribution in [-0.2, 0) is 16.0 Å². The Bertz CT molecular complexity index is 655. The molecule has 25 heavy (non-hydrogen) atoms. The summed E-state index contributed by atoms with van der Waals surface area (Å²) < 4.78 is 15.6. The summed E-state index contributed by atoms with van der Waals surface area (Å²) in [6.07, 6.45) is 1.59. The van der Waals surface area contributed by atoms with E-state index in [1.165, 1.54) is 0 Å². The van der Waals surface area contributed by atoms with E-state index in [2.05, 4.69) is 10.1 Å². The van der Waals surface area contributed by atoms with E-state index in [-0.39, 0.29) is 5.91 Å². The van der Waals surface area contributed by atoms with Crippen LogP contribution in [0.5, 0.6) is 5.75 Å². The number of rotatable bonds is 10. The molecule has 2 rings (SSSR count). The lowest BCUT2D eigenvalue weighted by molar-refractivity contribution is -0.130. The topological polar surface area (TPSA) is 77.7 Å². The van der Waals surface area contributed by atoms with Crippen molar-refractivity contribution >= 4 is 5.91 Å². The van der Waals surface area contributed by atoms with Gasteiger partial charge in [0.2, 0.25) is 17.6 Å². The van der Waals surface area contributed by atoms with Crippen molar-refractivity contribution in [3.05, 3.63) is 30.2 Å². The highest BCUT2D eigenvalue weighted by molar-refractivity contribution is 5.76. The Balaban J connectivity index is 1.85. The van der Waals surface area contributed by atoms with E-state index in [4.69, 9.17) is 14.0 Å². The van der Waals surface area contributed by atoms with Gasteiger partial charge in [0.25, 0.3) is 0 Å². The molecule has 0 radical (unpaired) electrons. The van der Waals surface area contributed by atoms with Gasteiger partial charge in [-0.15, -0.1) is 0 Å². The van der Waals surface area contributed by atoms with E-state index < -0.39 is 0 Å². The van der Waals surface area contributed by atoms with Gasteiger partial charge in [0.05, 0.1) is 6.61 Å². The number of ether oxygens (including phenoxy) is 2. The number of benzene rings is 1. The van der Waals surface area contributed by atoms with Crippen molar-refractivity contribution < 1.29 is 18.8 Å². The lowest BCUT2D eigenvalue weighted by Crippen LogP contribution is -2.28. The maximum Gasteiger partial charge on any atom is 0.227 e. The standard InChI is InChI=1S/C18H25N3O4/c1-4-24-15-8-6-14(7-9-15)18-19-16(25-20-18)10-11-17(22)21(2)12-5-13-23-3/h6-9H,4-5,10-13H2,1-3H3. The molecule has 0 saturated heterocycles. The zero-order valence-electron chi connectivity index (χ0n) is 15.0. The summed E-state index contributed by atoms with van der Waals surface area (Å²) in [4.78, 5) is 18.1. The fraction of sp³-hybridized carbons (Fsp3) is 0.500. The van der Waals surface area contributed by atoms with Crippen molar-refractivity contribution in [3.8, 4) is 17.1 Å². The molecule has 1 amide bonds. The predicted octanol–water partition coefficient (Wildman–Crippen LogP) is 2.56. The number of aromatic nitrogens is 2. The van der Waals surface area contributed by atoms with Crippen molar-refractivity contribution in [1.29, 1.82) is 0 Å². The summed E-state index contributed by atoms with van der Waals surface area (Å²) in [7, 11) is 3.44. The van der Waals surface area contributed by atoms with Crippen molar-refractivity contribution in [2.45, 2.75) is 26.2 Å². The van der Waals surface area contributed by atoms with Crippen LogP contribution in [0.15, 0.2) is 28.8 Å². The summed E-state index contributed by atoms with van der Waals surface area (Å²) >= 11 is 0. The van der Waals surface area contributed by atoms with E-state index in [9.17, 15) is 4.79 Å². The molecule has 0 N–H and O–H groups in total. The van der Waals surface area contributed by atoms with Gasteiger partial charge in [-0.25, -0.2) is 0 Å². The summed E-state index contributed by atoms with van der Waals surface area (Å²) in [5.74, 6) is 1.83. The van der Waals surface area contributed by atoms with Gasteiger partial charge >= 0.3 is 0 Å². The molecule has 7 nitrogen and oxygen atoms in total. The Kier molecular flexibility index (Phi) is 7.40. The largest absolute Gasteiger partial charge is 0.494 e. The fourth-order valence-corrected chi connectivity index (χ4v) is 2.32. The third kappa shape index (κ3) is 5.86. The number of hydrogen-bond acceptors (Lipinski definition) is 6. The van der Waals surface area contributed by atoms with Crippen molar-refractivity contribution in [1.82, 2.24) is 15.0 Å². The minimum Gasteiger partial charge on any atom is -0.494 e. The monoisotopic (exact) mass is 347 g/mol. The fourth-order valence-electron chi connectivity index (χ4n) is 2.32. The number of methoxy groups -OCH3 is 1. The molecule has 0 aliphatic rings. The van der Waals surface area contributed by atoms with Crippen LogP contribution in [0.3, 0.4) is 0 Å². The highest BCUT2D eigenvalue weighted by atomic mass is 16.5. The van der Waals surface area contributed by atoms with E-state index in [0.717, 1.165) is 17.7 Å². The first kappa shape index (κ1) is 18.9. The van der Waals surface area contributed by atoms with Crippen molar-refractivity contribution in [3.63, 3.8) is 0 Å². The first-order chi connectivity index (χ1) is 12.1. The van der Waals surface area contributed by atoms with Crippen molar-refractivity contribution in [2.24, 2.45) is 0 Å². The molecular formula is C18H25N3O4. The highest BCUT2D eigenvalue weighted by Gasteiger charge is 2.13. The second-order valence-electron chi connectivity index (χ2n) is 5.63. The summed E-state index contributed by atoms with van der Waals surface area (Å²) in [6, 6.07) is 7.50. The molecule has 0 spiro atoms. The van der Waals surface area contributed by atoms with Gasteiger partial charge in [-0.05, 0) is 37.6 Å². The number of carbonyl (C=O) groups excluding carboxylic acids is 1. The molecule has 0 aliphatic heterocycles. The van der Waals surface area contributed by atoms with Crippen LogP contribution in [0, 0.1) is 0 Å². The summed E-state index contributed by atoms with van der Waals surface area (Å²) in [5.41, 5.74) is 0.849. The number of aryl methyl sites for hydroxylation is 1. The average molecular weight is 347 g/mol. The number of carbonyl (C=O) groups is 1. The molecule has 1 aromatic carbocycles. The maximum atomic E-state index is 12.1. The molecule has 1 heterocycles. The molecule has 0 atom stereocenters. The van der Waals surface area contributed by atoms with Crippen LogP contribution in [0.1, 0.15) is 25.7 Å². The number of hydrogen-bond donors (Lipinski definition) is 0. The van der Waals surface area contributed by atoms with E-state index >= 15 is 0 Å². The van der Waals surface area contributed by atoms with E-state index in [1.807, 2.05) is 31.2 Å². The minimum atomic E-state index is 0.0527. The highest BCUT2D eigenvalue weighted by Crippen LogP contribution is 2.20. The summed E-state index contributed by atoms with van der Waals surface area (Å²) in [6.45, 7) is 3.88. The second-order valence-corrected chi connectivity index (χ2v) is 5.63. The Hall–Kier alpha value is -2.41. The third-order valence-corrected chi connectivity index (χ3v) is 3.71. The van der Waals surface area contributed by atoms with Gasteiger partial charge in [0.1, 0.15) is 5.75 Å². The molecule has 1 aromatic heterocycles. The second kappa shape index (κ2) is 9.78. The Morgan fingerprint density at radius 1 is 1.28 bits per heavy atom. The van der Waals surface area contributed by atoms with E-state index in [1.54, 1.807) is 19.1 Å². The normalized spacial score (nSPS) is 10.7. The number of nitrogens with zero attached hydrogens (tertiary/aromatic N) is 3. The average Bonchev–Trinajstić information content (AvgIpc) is 3.09. The molecule has 0 bridgehead atoms. The Morgan fingerprint density at radius 3 is 2.72 bits per heavy atom. The van der Waals surface area contributed by atoms with Crippen LogP contribution < -0.4 is 4.74 Å². The summed E-state index contributed by atoms with van der Waals surface area (Å²) in [5, 5.41) is 3.98. The Labute approximate surface area is 147 Å². The molecule has 2 aromatic rings. The molecule has 0 fully saturated rings. The van der Waals surface area contributed by atoms with Crippen LogP contribution in [0.25, 0.3) is 11.4 Å². The lowest BCUT2D eigenvalue weighted by atomic mass is 10.2. The van der Waals surface area contributed by atoms with Gasteiger partial charge in [0, 0.05) is 45.7 Å². The smallest absolute Gasteiger partial charge is 0.227 e. The van der Waals surface area contributed by atoms with Gasteiger partial charge in [-0.2, -0.15) is 4.98 Å². The first-order valence-corrected chi connectivity index (χ1v) is 8.42. The Morgan fingerprint density at radius 2 is 2.04 bits per heavy atom. The van der Waals surface area contributed by atoms with Crippen LogP contribution >= 0.6 is 0 Å². The van der Waals surface area contributed by atoms with Crippen LogP contribution in [0.4, 0.5) is 0 Å². The molecule has 136 valence electrons. The van der Waals surface area contributed by atoms with Crippen LogP contribution in [0.2, 0.25) is 0 Å². The molecule has 0 unspecified atom stereocenters. The van der Waals surface area contributed by atoms with Gasteiger partial charge in [-0.3, -0.25) is 4.79 Å². The number of amides is 1. The molecule has 7 heteroatoms. The van der Waals surface area contributed by atoms with Crippen LogP contribution in [-0.4, -0.2) is 54.9 Å². The maximum absolute atomic E-state index is 12.1. The third-order valence-electron chi connectivity index (χ3n) is 3.71. The zero-order valence-corrected chi connectivity index (χ0v) is 15.0. The van der Waals surface area contributed by atoms with Gasteiger partial charge < -0.3 is 18.9 Å². The van der Waals surface area contributed by atoms with E-state index in [0.29, 0.717) is 44.3 Å². The SMILES string of the molecule is CCOc1ccc(-c2noc(CCC(=O)N(C)CCCOC)n2)cc1. The lowest BCUT2D eigenvalue weighted by Gasteiger charge is -2.16. The van der Waals surface area contributed by atoms with Gasteiger partial charge in [-0.1, -0.05) is 5.16 Å². The van der Waals surface area contributed by atoms with Crippen molar-refractivity contribution in [2.75, 3.05) is 33.9 Å². The predicted molar refractivity (Wildman–Crippen MR) is 93.4 cm³/mol. The first-order valence-electron chi connectivity index (χ1n) is 8.42. The molecule has 0 aliphatic carbocycles.